The van der Waals surface area contributed by atoms with E-state index < -0.39 is 6.10 Å². The molecule has 0 aromatic rings. The van der Waals surface area contributed by atoms with E-state index in [1.165, 1.54) is 96.3 Å². The average Bonchev–Trinajstić information content (AvgIpc) is 3.27. The lowest BCUT2D eigenvalue weighted by atomic mass is 10.0. The normalized spacial score (nSPS) is 12.8. The Bertz CT molecular complexity index is 1220. The highest BCUT2D eigenvalue weighted by Crippen LogP contribution is 2.15. The number of unbranched alkanes of at least 4 members (excludes halogenated alkanes) is 23. The van der Waals surface area contributed by atoms with Crippen LogP contribution in [-0.2, 0) is 28.6 Å². The van der Waals surface area contributed by atoms with Gasteiger partial charge >= 0.3 is 17.9 Å². The number of allylic oxidation sites excluding steroid dienone is 14. The average molecular weight is 863 g/mol. The molecule has 1 unspecified atom stereocenters. The van der Waals surface area contributed by atoms with Crippen LogP contribution in [0.25, 0.3) is 0 Å². The summed E-state index contributed by atoms with van der Waals surface area (Å²) in [6, 6.07) is 0. The van der Waals surface area contributed by atoms with Gasteiger partial charge in [-0.15, -0.1) is 0 Å². The van der Waals surface area contributed by atoms with Gasteiger partial charge in [0.25, 0.3) is 0 Å². The molecule has 0 heterocycles. The molecule has 0 aliphatic heterocycles. The molecule has 1 atom stereocenters. The van der Waals surface area contributed by atoms with E-state index >= 15 is 0 Å². The van der Waals surface area contributed by atoms with E-state index in [9.17, 15) is 14.4 Å². The van der Waals surface area contributed by atoms with Crippen molar-refractivity contribution < 1.29 is 28.6 Å². The van der Waals surface area contributed by atoms with Crippen LogP contribution in [0, 0.1) is 0 Å². The van der Waals surface area contributed by atoms with Gasteiger partial charge in [-0.05, 0) is 70.6 Å². The van der Waals surface area contributed by atoms with Gasteiger partial charge in [0.1, 0.15) is 13.2 Å². The molecule has 0 aromatic carbocycles. The summed E-state index contributed by atoms with van der Waals surface area (Å²) in [6.45, 7) is 6.34. The summed E-state index contributed by atoms with van der Waals surface area (Å²) in [5.74, 6) is -0.946. The van der Waals surface area contributed by atoms with Crippen molar-refractivity contribution in [2.75, 3.05) is 13.2 Å². The maximum Gasteiger partial charge on any atom is 0.306 e. The minimum absolute atomic E-state index is 0.0953. The molecule has 0 spiro atoms. The molecule has 0 fully saturated rings. The van der Waals surface area contributed by atoms with Crippen LogP contribution < -0.4 is 0 Å². The molecule has 0 bridgehead atoms. The Labute approximate surface area is 382 Å². The predicted octanol–water partition coefficient (Wildman–Crippen LogP) is 16.8. The topological polar surface area (TPSA) is 78.9 Å². The maximum absolute atomic E-state index is 12.8. The van der Waals surface area contributed by atoms with E-state index in [4.69, 9.17) is 14.2 Å². The fourth-order valence-electron chi connectivity index (χ4n) is 6.94. The zero-order valence-corrected chi connectivity index (χ0v) is 40.4. The Morgan fingerprint density at radius 3 is 1.19 bits per heavy atom. The van der Waals surface area contributed by atoms with Crippen molar-refractivity contribution in [1.29, 1.82) is 0 Å². The first-order valence-corrected chi connectivity index (χ1v) is 25.6. The monoisotopic (exact) mass is 863 g/mol. The minimum Gasteiger partial charge on any atom is -0.462 e. The number of ether oxygens (including phenoxy) is 3. The molecule has 62 heavy (non-hydrogen) atoms. The second-order valence-corrected chi connectivity index (χ2v) is 16.8. The first-order chi connectivity index (χ1) is 30.5. The summed E-state index contributed by atoms with van der Waals surface area (Å²) in [5.41, 5.74) is 0. The smallest absolute Gasteiger partial charge is 0.306 e. The molecule has 354 valence electrons. The summed E-state index contributed by atoms with van der Waals surface area (Å²) in [7, 11) is 0. The van der Waals surface area contributed by atoms with Gasteiger partial charge < -0.3 is 14.2 Å². The molecule has 0 aliphatic rings. The Morgan fingerprint density at radius 2 is 0.710 bits per heavy atom. The molecule has 0 saturated carbocycles. The quantitative estimate of drug-likeness (QED) is 0.0199. The van der Waals surface area contributed by atoms with Gasteiger partial charge in [-0.1, -0.05) is 228 Å². The van der Waals surface area contributed by atoms with Gasteiger partial charge in [0.05, 0.1) is 0 Å². The Hall–Kier alpha value is -3.41. The summed E-state index contributed by atoms with van der Waals surface area (Å²) in [6.07, 6.45) is 64.2. The number of rotatable bonds is 45. The van der Waals surface area contributed by atoms with E-state index in [2.05, 4.69) is 69.4 Å². The maximum atomic E-state index is 12.8. The van der Waals surface area contributed by atoms with Gasteiger partial charge in [-0.25, -0.2) is 0 Å². The van der Waals surface area contributed by atoms with Crippen molar-refractivity contribution in [2.45, 2.75) is 239 Å². The zero-order valence-electron chi connectivity index (χ0n) is 40.4. The van der Waals surface area contributed by atoms with Crippen molar-refractivity contribution in [2.24, 2.45) is 0 Å². The standard InChI is InChI=1S/C56H94O6/c1-4-7-10-13-16-19-22-25-27-29-31-34-37-40-43-46-49-55(58)61-52-53(51-60-54(57)48-45-42-39-36-33-30-24-21-18-15-12-9-6-3)62-56(59)50-47-44-41-38-35-32-28-26-23-20-17-14-11-8-5-2/h7,9-10,12,15-16,18-19,21,24-25,27,30,33,53H,4-6,8,11,13-14,17,20,22-23,26,28-29,31-32,34-52H2,1-3H3/b10-7+,12-9+,18-15+,19-16+,24-21+,27-25+,33-30+. The molecule has 0 saturated heterocycles. The van der Waals surface area contributed by atoms with Gasteiger partial charge in [0, 0.05) is 19.3 Å². The third-order valence-corrected chi connectivity index (χ3v) is 10.7. The highest BCUT2D eigenvalue weighted by Gasteiger charge is 2.19. The fourth-order valence-corrected chi connectivity index (χ4v) is 6.94. The molecule has 0 radical (unpaired) electrons. The Morgan fingerprint density at radius 1 is 0.355 bits per heavy atom. The third kappa shape index (κ3) is 47.6. The molecular formula is C56H94O6. The zero-order chi connectivity index (χ0) is 45.1. The van der Waals surface area contributed by atoms with Crippen LogP contribution >= 0.6 is 0 Å². The van der Waals surface area contributed by atoms with Crippen LogP contribution in [0.15, 0.2) is 85.1 Å². The molecule has 0 rings (SSSR count). The molecule has 6 heteroatoms. The van der Waals surface area contributed by atoms with Crippen LogP contribution in [-0.4, -0.2) is 37.2 Å². The minimum atomic E-state index is -0.796. The molecule has 0 amide bonds. The van der Waals surface area contributed by atoms with Crippen LogP contribution in [0.1, 0.15) is 233 Å². The first kappa shape index (κ1) is 58.6. The number of hydrogen-bond donors (Lipinski definition) is 0. The molecule has 0 aromatic heterocycles. The largest absolute Gasteiger partial charge is 0.462 e. The third-order valence-electron chi connectivity index (χ3n) is 10.7. The lowest BCUT2D eigenvalue weighted by molar-refractivity contribution is -0.167. The summed E-state index contributed by atoms with van der Waals surface area (Å²) in [4.78, 5) is 38.0. The van der Waals surface area contributed by atoms with Gasteiger partial charge in [0.15, 0.2) is 6.10 Å². The molecular weight excluding hydrogens is 769 g/mol. The van der Waals surface area contributed by atoms with Crippen LogP contribution in [0.2, 0.25) is 0 Å². The summed E-state index contributed by atoms with van der Waals surface area (Å²) >= 11 is 0. The van der Waals surface area contributed by atoms with E-state index in [0.29, 0.717) is 19.3 Å². The highest BCUT2D eigenvalue weighted by atomic mass is 16.6. The van der Waals surface area contributed by atoms with Gasteiger partial charge in [-0.3, -0.25) is 14.4 Å². The van der Waals surface area contributed by atoms with Crippen molar-refractivity contribution >= 4 is 17.9 Å². The lowest BCUT2D eigenvalue weighted by Crippen LogP contribution is -2.30. The van der Waals surface area contributed by atoms with Crippen LogP contribution in [0.5, 0.6) is 0 Å². The predicted molar refractivity (Wildman–Crippen MR) is 265 cm³/mol. The summed E-state index contributed by atoms with van der Waals surface area (Å²) in [5, 5.41) is 0. The Balaban J connectivity index is 4.45. The number of carbonyl (C=O) groups excluding carboxylic acids is 3. The van der Waals surface area contributed by atoms with E-state index in [1.54, 1.807) is 0 Å². The van der Waals surface area contributed by atoms with Crippen LogP contribution in [0.4, 0.5) is 0 Å². The Kier molecular flexibility index (Phi) is 47.5. The first-order valence-electron chi connectivity index (χ1n) is 25.6. The number of hydrogen-bond acceptors (Lipinski definition) is 6. The van der Waals surface area contributed by atoms with Crippen molar-refractivity contribution in [3.05, 3.63) is 85.1 Å². The van der Waals surface area contributed by atoms with E-state index in [0.717, 1.165) is 96.3 Å². The number of esters is 3. The number of carbonyl (C=O) groups is 3. The van der Waals surface area contributed by atoms with E-state index in [1.807, 2.05) is 36.5 Å². The molecule has 6 nitrogen and oxygen atoms in total. The SMILES string of the molecule is CC/C=C/C=C/C=C/C=C/CCCCCC(=O)OCC(COC(=O)CCCCCCCC/C=C/C/C=C/C/C=C/CC)OC(=O)CCCCCCCCCCCCCCCCC. The molecule has 0 aliphatic carbocycles. The van der Waals surface area contributed by atoms with Crippen molar-refractivity contribution in [3.63, 3.8) is 0 Å². The second kappa shape index (κ2) is 50.2. The van der Waals surface area contributed by atoms with Gasteiger partial charge in [-0.2, -0.15) is 0 Å². The van der Waals surface area contributed by atoms with E-state index in [-0.39, 0.29) is 31.1 Å². The fraction of sp³-hybridized carbons (Fsp3) is 0.696. The van der Waals surface area contributed by atoms with Gasteiger partial charge in [0.2, 0.25) is 0 Å². The van der Waals surface area contributed by atoms with Crippen LogP contribution in [0.3, 0.4) is 0 Å². The molecule has 0 N–H and O–H groups in total. The second-order valence-electron chi connectivity index (χ2n) is 16.8. The van der Waals surface area contributed by atoms with Crippen molar-refractivity contribution in [3.8, 4) is 0 Å². The highest BCUT2D eigenvalue weighted by molar-refractivity contribution is 5.71. The van der Waals surface area contributed by atoms with Crippen molar-refractivity contribution in [1.82, 2.24) is 0 Å². The summed E-state index contributed by atoms with van der Waals surface area (Å²) < 4.78 is 16.8. The lowest BCUT2D eigenvalue weighted by Gasteiger charge is -2.18.